The van der Waals surface area contributed by atoms with Crippen molar-refractivity contribution in [2.24, 2.45) is 0 Å². The molecule has 0 aliphatic heterocycles. The number of carboxylic acid groups (broad SMARTS) is 1. The number of rotatable bonds is 4. The van der Waals surface area contributed by atoms with Gasteiger partial charge in [-0.1, -0.05) is 11.6 Å². The lowest BCUT2D eigenvalue weighted by Gasteiger charge is -2.18. The smallest absolute Gasteiger partial charge is 0.323 e. The Hall–Kier alpha value is -1.55. The summed E-state index contributed by atoms with van der Waals surface area (Å²) in [6.07, 6.45) is 0. The second-order valence-corrected chi connectivity index (χ2v) is 3.88. The molecule has 0 spiro atoms. The maximum Gasteiger partial charge on any atom is 0.323 e. The zero-order valence-electron chi connectivity index (χ0n) is 9.03. The molecule has 0 unspecified atom stereocenters. The number of halogens is 1. The molecule has 86 valence electrons. The zero-order valence-corrected chi connectivity index (χ0v) is 9.78. The number of benzene rings is 1. The van der Waals surface area contributed by atoms with Crippen LogP contribution in [0.4, 0.5) is 5.69 Å². The standard InChI is InChI=1S/C11H12ClNO3/c1-7(14)8-3-4-9(12)10(5-8)13(2)6-11(15)16/h3-5H,6H2,1-2H3,(H,15,16). The van der Waals surface area contributed by atoms with Gasteiger partial charge in [0.1, 0.15) is 6.54 Å². The molecule has 0 amide bonds. The van der Waals surface area contributed by atoms with Crippen molar-refractivity contribution >= 4 is 29.0 Å². The van der Waals surface area contributed by atoms with Gasteiger partial charge in [0.2, 0.25) is 0 Å². The van der Waals surface area contributed by atoms with Crippen LogP contribution in [-0.4, -0.2) is 30.5 Å². The highest BCUT2D eigenvalue weighted by atomic mass is 35.5. The van der Waals surface area contributed by atoms with Gasteiger partial charge in [-0.2, -0.15) is 0 Å². The minimum absolute atomic E-state index is 0.0818. The number of Topliss-reactive ketones (excluding diaryl/α,β-unsaturated/α-hetero) is 1. The number of anilines is 1. The van der Waals surface area contributed by atoms with Crippen LogP contribution in [0.15, 0.2) is 18.2 Å². The number of hydrogen-bond acceptors (Lipinski definition) is 3. The third-order valence-corrected chi connectivity index (χ3v) is 2.46. The maximum absolute atomic E-state index is 11.2. The average Bonchev–Trinajstić information content (AvgIpc) is 2.16. The Kier molecular flexibility index (Phi) is 3.90. The van der Waals surface area contributed by atoms with E-state index >= 15 is 0 Å². The molecule has 5 heteroatoms. The Labute approximate surface area is 98.4 Å². The Balaban J connectivity index is 3.06. The summed E-state index contributed by atoms with van der Waals surface area (Å²) >= 11 is 5.93. The largest absolute Gasteiger partial charge is 0.480 e. The molecule has 1 aromatic carbocycles. The Morgan fingerprint density at radius 3 is 2.56 bits per heavy atom. The molecule has 0 fully saturated rings. The fourth-order valence-corrected chi connectivity index (χ4v) is 1.57. The Morgan fingerprint density at radius 2 is 2.06 bits per heavy atom. The van der Waals surface area contributed by atoms with Crippen LogP contribution in [0.25, 0.3) is 0 Å². The van der Waals surface area contributed by atoms with Crippen molar-refractivity contribution in [2.45, 2.75) is 6.92 Å². The number of ketones is 1. The number of hydrogen-bond donors (Lipinski definition) is 1. The van der Waals surface area contributed by atoms with Crippen LogP contribution in [0, 0.1) is 0 Å². The van der Waals surface area contributed by atoms with Gasteiger partial charge >= 0.3 is 5.97 Å². The molecule has 1 aromatic rings. The number of likely N-dealkylation sites (N-methyl/N-ethyl adjacent to an activating group) is 1. The first kappa shape index (κ1) is 12.5. The van der Waals surface area contributed by atoms with Gasteiger partial charge in [0.25, 0.3) is 0 Å². The highest BCUT2D eigenvalue weighted by Crippen LogP contribution is 2.26. The molecule has 0 aromatic heterocycles. The fourth-order valence-electron chi connectivity index (χ4n) is 1.31. The van der Waals surface area contributed by atoms with Crippen LogP contribution in [-0.2, 0) is 4.79 Å². The number of carbonyl (C=O) groups excluding carboxylic acids is 1. The van der Waals surface area contributed by atoms with E-state index in [1.165, 1.54) is 11.8 Å². The molecular formula is C11H12ClNO3. The van der Waals surface area contributed by atoms with Crippen molar-refractivity contribution in [1.29, 1.82) is 0 Å². The highest BCUT2D eigenvalue weighted by Gasteiger charge is 2.11. The van der Waals surface area contributed by atoms with Crippen LogP contribution in [0.5, 0.6) is 0 Å². The lowest BCUT2D eigenvalue weighted by atomic mass is 10.1. The lowest BCUT2D eigenvalue weighted by molar-refractivity contribution is -0.135. The molecule has 0 saturated carbocycles. The zero-order chi connectivity index (χ0) is 12.3. The summed E-state index contributed by atoms with van der Waals surface area (Å²) in [6.45, 7) is 1.28. The summed E-state index contributed by atoms with van der Waals surface area (Å²) in [6, 6.07) is 4.79. The minimum atomic E-state index is -0.952. The molecule has 0 heterocycles. The van der Waals surface area contributed by atoms with Crippen molar-refractivity contribution in [2.75, 3.05) is 18.5 Å². The van der Waals surface area contributed by atoms with Crippen LogP contribution >= 0.6 is 11.6 Å². The minimum Gasteiger partial charge on any atom is -0.480 e. The second-order valence-electron chi connectivity index (χ2n) is 3.47. The molecular weight excluding hydrogens is 230 g/mol. The molecule has 1 rings (SSSR count). The van der Waals surface area contributed by atoms with Crippen LogP contribution in [0.1, 0.15) is 17.3 Å². The topological polar surface area (TPSA) is 57.6 Å². The van der Waals surface area contributed by atoms with E-state index in [9.17, 15) is 9.59 Å². The molecule has 4 nitrogen and oxygen atoms in total. The van der Waals surface area contributed by atoms with Gasteiger partial charge in [-0.25, -0.2) is 0 Å². The van der Waals surface area contributed by atoms with E-state index in [1.807, 2.05) is 0 Å². The van der Waals surface area contributed by atoms with Gasteiger partial charge in [-0.05, 0) is 25.1 Å². The van der Waals surface area contributed by atoms with Gasteiger partial charge in [0, 0.05) is 12.6 Å². The van der Waals surface area contributed by atoms with Gasteiger partial charge in [0.15, 0.2) is 5.78 Å². The Bertz CT molecular complexity index is 431. The predicted octanol–water partition coefficient (Wildman–Crippen LogP) is 2.06. The third-order valence-electron chi connectivity index (χ3n) is 2.14. The highest BCUT2D eigenvalue weighted by molar-refractivity contribution is 6.33. The Morgan fingerprint density at radius 1 is 1.44 bits per heavy atom. The van der Waals surface area contributed by atoms with E-state index in [2.05, 4.69) is 0 Å². The van der Waals surface area contributed by atoms with Crippen molar-refractivity contribution in [1.82, 2.24) is 0 Å². The van der Waals surface area contributed by atoms with E-state index in [4.69, 9.17) is 16.7 Å². The summed E-state index contributed by atoms with van der Waals surface area (Å²) in [5.41, 5.74) is 1.05. The van der Waals surface area contributed by atoms with Crippen molar-refractivity contribution in [3.63, 3.8) is 0 Å². The first-order valence-electron chi connectivity index (χ1n) is 4.65. The van der Waals surface area contributed by atoms with Crippen LogP contribution < -0.4 is 4.90 Å². The monoisotopic (exact) mass is 241 g/mol. The van der Waals surface area contributed by atoms with Crippen LogP contribution in [0.3, 0.4) is 0 Å². The molecule has 0 aliphatic carbocycles. The summed E-state index contributed by atoms with van der Waals surface area (Å²) in [4.78, 5) is 23.2. The van der Waals surface area contributed by atoms with Gasteiger partial charge < -0.3 is 10.0 Å². The third kappa shape index (κ3) is 2.97. The van der Waals surface area contributed by atoms with Crippen molar-refractivity contribution < 1.29 is 14.7 Å². The van der Waals surface area contributed by atoms with E-state index in [0.29, 0.717) is 16.3 Å². The van der Waals surface area contributed by atoms with Gasteiger partial charge in [0.05, 0.1) is 10.7 Å². The average molecular weight is 242 g/mol. The molecule has 0 aliphatic rings. The SMILES string of the molecule is CC(=O)c1ccc(Cl)c(N(C)CC(=O)O)c1. The quantitative estimate of drug-likeness (QED) is 0.820. The van der Waals surface area contributed by atoms with Crippen LogP contribution in [0.2, 0.25) is 5.02 Å². The molecule has 0 saturated heterocycles. The molecule has 0 radical (unpaired) electrons. The fraction of sp³-hybridized carbons (Fsp3) is 0.273. The van der Waals surface area contributed by atoms with Crippen molar-refractivity contribution in [3.8, 4) is 0 Å². The molecule has 16 heavy (non-hydrogen) atoms. The number of carbonyl (C=O) groups is 2. The number of carboxylic acids is 1. The van der Waals surface area contributed by atoms with Gasteiger partial charge in [-0.3, -0.25) is 9.59 Å². The first-order valence-corrected chi connectivity index (χ1v) is 5.03. The maximum atomic E-state index is 11.2. The predicted molar refractivity (Wildman–Crippen MR) is 62.4 cm³/mol. The summed E-state index contributed by atoms with van der Waals surface area (Å²) in [5.74, 6) is -1.03. The second kappa shape index (κ2) is 4.99. The van der Waals surface area contributed by atoms with Gasteiger partial charge in [-0.15, -0.1) is 0 Å². The molecule has 0 bridgehead atoms. The normalized spacial score (nSPS) is 9.94. The summed E-state index contributed by atoms with van der Waals surface area (Å²) in [7, 11) is 1.61. The summed E-state index contributed by atoms with van der Waals surface area (Å²) < 4.78 is 0. The first-order chi connectivity index (χ1) is 7.41. The molecule has 1 N–H and O–H groups in total. The van der Waals surface area contributed by atoms with E-state index in [1.54, 1.807) is 25.2 Å². The number of nitrogens with zero attached hydrogens (tertiary/aromatic N) is 1. The van der Waals surface area contributed by atoms with E-state index in [0.717, 1.165) is 0 Å². The lowest BCUT2D eigenvalue weighted by Crippen LogP contribution is -2.25. The van der Waals surface area contributed by atoms with E-state index < -0.39 is 5.97 Å². The van der Waals surface area contributed by atoms with Crippen molar-refractivity contribution in [3.05, 3.63) is 28.8 Å². The molecule has 0 atom stereocenters. The summed E-state index contributed by atoms with van der Waals surface area (Å²) in [5, 5.41) is 9.09. The van der Waals surface area contributed by atoms with E-state index in [-0.39, 0.29) is 12.3 Å². The number of aliphatic carboxylic acids is 1.